The first-order chi connectivity index (χ1) is 12.1. The molecule has 2 rings (SSSR count). The lowest BCUT2D eigenvalue weighted by atomic mass is 9.64. The minimum atomic E-state index is -0.0618. The summed E-state index contributed by atoms with van der Waals surface area (Å²) in [6.07, 6.45) is 0. The highest BCUT2D eigenvalue weighted by Crippen LogP contribution is 2.45. The van der Waals surface area contributed by atoms with Crippen LogP contribution in [0.3, 0.4) is 0 Å². The van der Waals surface area contributed by atoms with Crippen LogP contribution >= 0.6 is 0 Å². The quantitative estimate of drug-likeness (QED) is 0.508. The molecule has 2 aromatic carbocycles. The standard InChI is InChI=1S/C27H40/c1-24(2,3)19-15-12-13-16-20(19)27(10,11)22-18-14-17-21(25(4,5)6)23(22)26(7,8)9/h12-18H,1-11H3. The monoisotopic (exact) mass is 364 g/mol. The van der Waals surface area contributed by atoms with Gasteiger partial charge >= 0.3 is 0 Å². The fourth-order valence-corrected chi connectivity index (χ4v) is 4.33. The molecule has 2 aromatic rings. The number of hydrogen-bond donors (Lipinski definition) is 0. The molecule has 0 atom stereocenters. The first-order valence-corrected chi connectivity index (χ1v) is 10.3. The zero-order chi connectivity index (χ0) is 20.8. The fourth-order valence-electron chi connectivity index (χ4n) is 4.33. The van der Waals surface area contributed by atoms with Crippen LogP contribution in [-0.4, -0.2) is 0 Å². The van der Waals surface area contributed by atoms with Gasteiger partial charge in [0.15, 0.2) is 0 Å². The largest absolute Gasteiger partial charge is 0.0620 e. The molecule has 0 radical (unpaired) electrons. The van der Waals surface area contributed by atoms with E-state index in [2.05, 4.69) is 119 Å². The van der Waals surface area contributed by atoms with Gasteiger partial charge in [0.05, 0.1) is 0 Å². The lowest BCUT2D eigenvalue weighted by molar-refractivity contribution is 0.500. The maximum absolute atomic E-state index is 2.40. The normalized spacial score (nSPS) is 13.7. The van der Waals surface area contributed by atoms with Crippen molar-refractivity contribution in [1.29, 1.82) is 0 Å². The maximum atomic E-state index is 2.40. The molecule has 0 saturated heterocycles. The van der Waals surface area contributed by atoms with Crippen molar-refractivity contribution >= 4 is 0 Å². The molecule has 0 aromatic heterocycles. The molecule has 0 heterocycles. The third-order valence-electron chi connectivity index (χ3n) is 5.70. The van der Waals surface area contributed by atoms with Gasteiger partial charge in [0.2, 0.25) is 0 Å². The molecule has 148 valence electrons. The average molecular weight is 365 g/mol. The molecular weight excluding hydrogens is 324 g/mol. The van der Waals surface area contributed by atoms with Crippen molar-refractivity contribution in [3.8, 4) is 0 Å². The summed E-state index contributed by atoms with van der Waals surface area (Å²) in [5.74, 6) is 0. The molecule has 0 fully saturated rings. The van der Waals surface area contributed by atoms with Crippen LogP contribution in [0.5, 0.6) is 0 Å². The van der Waals surface area contributed by atoms with E-state index in [0.717, 1.165) is 0 Å². The van der Waals surface area contributed by atoms with Crippen LogP contribution in [0.2, 0.25) is 0 Å². The summed E-state index contributed by atoms with van der Waals surface area (Å²) in [5.41, 5.74) is 7.58. The van der Waals surface area contributed by atoms with E-state index in [9.17, 15) is 0 Å². The summed E-state index contributed by atoms with van der Waals surface area (Å²) in [6, 6.07) is 15.9. The van der Waals surface area contributed by atoms with E-state index in [1.54, 1.807) is 0 Å². The summed E-state index contributed by atoms with van der Waals surface area (Å²) in [4.78, 5) is 0. The molecule has 0 heteroatoms. The van der Waals surface area contributed by atoms with Gasteiger partial charge in [-0.15, -0.1) is 0 Å². The van der Waals surface area contributed by atoms with Gasteiger partial charge in [0.1, 0.15) is 0 Å². The van der Waals surface area contributed by atoms with E-state index in [0.29, 0.717) is 0 Å². The van der Waals surface area contributed by atoms with E-state index in [1.165, 1.54) is 27.8 Å². The van der Waals surface area contributed by atoms with Crippen molar-refractivity contribution in [3.05, 3.63) is 70.3 Å². The van der Waals surface area contributed by atoms with Crippen LogP contribution in [0.1, 0.15) is 104 Å². The topological polar surface area (TPSA) is 0 Å². The molecule has 0 aliphatic carbocycles. The van der Waals surface area contributed by atoms with Gasteiger partial charge in [0.25, 0.3) is 0 Å². The summed E-state index contributed by atoms with van der Waals surface area (Å²) in [5, 5.41) is 0. The Morgan fingerprint density at radius 1 is 0.407 bits per heavy atom. The van der Waals surface area contributed by atoms with Gasteiger partial charge in [-0.05, 0) is 44.1 Å². The molecule has 0 aliphatic heterocycles. The third-order valence-corrected chi connectivity index (χ3v) is 5.70. The van der Waals surface area contributed by atoms with Crippen molar-refractivity contribution in [2.45, 2.75) is 97.8 Å². The highest BCUT2D eigenvalue weighted by Gasteiger charge is 2.36. The van der Waals surface area contributed by atoms with Crippen LogP contribution in [0, 0.1) is 0 Å². The highest BCUT2D eigenvalue weighted by atomic mass is 14.4. The average Bonchev–Trinajstić information content (AvgIpc) is 2.51. The number of benzene rings is 2. The van der Waals surface area contributed by atoms with E-state index < -0.39 is 0 Å². The summed E-state index contributed by atoms with van der Waals surface area (Å²) in [7, 11) is 0. The Hall–Kier alpha value is -1.56. The van der Waals surface area contributed by atoms with Gasteiger partial charge in [-0.1, -0.05) is 119 Å². The van der Waals surface area contributed by atoms with E-state index in [4.69, 9.17) is 0 Å². The minimum absolute atomic E-state index is 0.0618. The zero-order valence-corrected chi connectivity index (χ0v) is 19.5. The SMILES string of the molecule is CC(C)(C)c1ccccc1C(C)(C)c1cccc(C(C)(C)C)c1C(C)(C)C. The summed E-state index contributed by atoms with van der Waals surface area (Å²) >= 11 is 0. The maximum Gasteiger partial charge on any atom is 0.0152 e. The molecule has 0 nitrogen and oxygen atoms in total. The van der Waals surface area contributed by atoms with Crippen molar-refractivity contribution in [2.75, 3.05) is 0 Å². The predicted molar refractivity (Wildman–Crippen MR) is 121 cm³/mol. The Labute approximate surface area is 168 Å². The van der Waals surface area contributed by atoms with Crippen LogP contribution in [0.25, 0.3) is 0 Å². The fraction of sp³-hybridized carbons (Fsp3) is 0.556. The zero-order valence-electron chi connectivity index (χ0n) is 19.5. The van der Waals surface area contributed by atoms with E-state index >= 15 is 0 Å². The Morgan fingerprint density at radius 2 is 0.815 bits per heavy atom. The second-order valence-corrected chi connectivity index (χ2v) is 11.6. The second-order valence-electron chi connectivity index (χ2n) is 11.6. The van der Waals surface area contributed by atoms with Crippen LogP contribution < -0.4 is 0 Å². The first kappa shape index (κ1) is 21.7. The summed E-state index contributed by atoms with van der Waals surface area (Å²) in [6.45, 7) is 25.8. The molecule has 0 aliphatic rings. The second kappa shape index (κ2) is 6.80. The smallest absolute Gasteiger partial charge is 0.0152 e. The van der Waals surface area contributed by atoms with Crippen molar-refractivity contribution in [3.63, 3.8) is 0 Å². The van der Waals surface area contributed by atoms with E-state index in [-0.39, 0.29) is 21.7 Å². The van der Waals surface area contributed by atoms with Gasteiger partial charge < -0.3 is 0 Å². The van der Waals surface area contributed by atoms with Crippen molar-refractivity contribution < 1.29 is 0 Å². The molecule has 0 amide bonds. The van der Waals surface area contributed by atoms with Gasteiger partial charge in [0, 0.05) is 5.41 Å². The Kier molecular flexibility index (Phi) is 5.47. The van der Waals surface area contributed by atoms with Crippen molar-refractivity contribution in [2.24, 2.45) is 0 Å². The molecule has 0 unspecified atom stereocenters. The van der Waals surface area contributed by atoms with Crippen LogP contribution in [0.15, 0.2) is 42.5 Å². The minimum Gasteiger partial charge on any atom is -0.0620 e. The molecule has 0 bridgehead atoms. The lowest BCUT2D eigenvalue weighted by Crippen LogP contribution is -2.31. The Morgan fingerprint density at radius 3 is 1.26 bits per heavy atom. The molecule has 0 spiro atoms. The van der Waals surface area contributed by atoms with Gasteiger partial charge in [-0.3, -0.25) is 0 Å². The number of hydrogen-bond acceptors (Lipinski definition) is 0. The molecular formula is C27H40. The van der Waals surface area contributed by atoms with Gasteiger partial charge in [-0.25, -0.2) is 0 Å². The van der Waals surface area contributed by atoms with Gasteiger partial charge in [-0.2, -0.15) is 0 Å². The van der Waals surface area contributed by atoms with E-state index in [1.807, 2.05) is 0 Å². The first-order valence-electron chi connectivity index (χ1n) is 10.3. The predicted octanol–water partition coefficient (Wildman–Crippen LogP) is 7.91. The summed E-state index contributed by atoms with van der Waals surface area (Å²) < 4.78 is 0. The van der Waals surface area contributed by atoms with Crippen LogP contribution in [-0.2, 0) is 21.7 Å². The third kappa shape index (κ3) is 4.31. The molecule has 0 saturated carbocycles. The lowest BCUT2D eigenvalue weighted by Gasteiger charge is -2.39. The van der Waals surface area contributed by atoms with Crippen molar-refractivity contribution in [1.82, 2.24) is 0 Å². The number of rotatable bonds is 2. The Bertz CT molecular complexity index is 799. The Balaban J connectivity index is 2.87. The molecule has 27 heavy (non-hydrogen) atoms. The van der Waals surface area contributed by atoms with Crippen LogP contribution in [0.4, 0.5) is 0 Å². The molecule has 0 N–H and O–H groups in total. The highest BCUT2D eigenvalue weighted by molar-refractivity contribution is 5.53.